The first kappa shape index (κ1) is 6.70. The molecule has 0 spiro atoms. The number of hydrogen-bond donors (Lipinski definition) is 1. The molecule has 11 heavy (non-hydrogen) atoms. The number of nitrogens with one attached hydrogen (secondary N) is 1. The summed E-state index contributed by atoms with van der Waals surface area (Å²) in [6, 6.07) is 0.475. The molecule has 60 valence electrons. The summed E-state index contributed by atoms with van der Waals surface area (Å²) in [5.74, 6) is 0. The second kappa shape index (κ2) is 2.57. The number of carbonyl (C=O) groups is 1. The van der Waals surface area contributed by atoms with Crippen molar-refractivity contribution in [3.8, 4) is 0 Å². The summed E-state index contributed by atoms with van der Waals surface area (Å²) in [5.41, 5.74) is 0. The molecule has 0 bridgehead atoms. The summed E-state index contributed by atoms with van der Waals surface area (Å²) >= 11 is 0. The molecule has 0 aromatic carbocycles. The molecule has 0 aliphatic carbocycles. The number of hydrogen-bond acceptors (Lipinski definition) is 1. The Balaban J connectivity index is 2.15. The quantitative estimate of drug-likeness (QED) is 0.510. The first-order chi connectivity index (χ1) is 5.38. The van der Waals surface area contributed by atoms with Crippen molar-refractivity contribution in [2.45, 2.75) is 18.9 Å². The first-order valence-electron chi connectivity index (χ1n) is 4.09. The minimum absolute atomic E-state index is 0.102. The lowest BCUT2D eigenvalue weighted by molar-refractivity contribution is 0.166. The topological polar surface area (TPSA) is 32.3 Å². The van der Waals surface area contributed by atoms with E-state index in [4.69, 9.17) is 0 Å². The molecule has 1 fully saturated rings. The maximum Gasteiger partial charge on any atom is 0.317 e. The molecule has 2 aliphatic heterocycles. The van der Waals surface area contributed by atoms with Gasteiger partial charge >= 0.3 is 6.03 Å². The normalized spacial score (nSPS) is 29.6. The number of urea groups is 1. The maximum atomic E-state index is 11.2. The highest BCUT2D eigenvalue weighted by molar-refractivity contribution is 5.75. The summed E-state index contributed by atoms with van der Waals surface area (Å²) in [5, 5.41) is 2.83. The van der Waals surface area contributed by atoms with Gasteiger partial charge in [0.1, 0.15) is 0 Å². The van der Waals surface area contributed by atoms with Gasteiger partial charge in [-0.1, -0.05) is 12.2 Å². The van der Waals surface area contributed by atoms with Crippen molar-refractivity contribution < 1.29 is 4.79 Å². The monoisotopic (exact) mass is 152 g/mol. The Bertz CT molecular complexity index is 200. The van der Waals surface area contributed by atoms with E-state index >= 15 is 0 Å². The van der Waals surface area contributed by atoms with E-state index in [2.05, 4.69) is 17.5 Å². The molecule has 0 radical (unpaired) electrons. The molecule has 2 amide bonds. The highest BCUT2D eigenvalue weighted by Crippen LogP contribution is 2.15. The van der Waals surface area contributed by atoms with Crippen LogP contribution in [0.5, 0.6) is 0 Å². The van der Waals surface area contributed by atoms with Gasteiger partial charge in [-0.05, 0) is 12.8 Å². The fourth-order valence-corrected chi connectivity index (χ4v) is 1.67. The molecule has 0 aromatic rings. The molecule has 3 heteroatoms. The molecule has 0 saturated carbocycles. The molecule has 2 rings (SSSR count). The van der Waals surface area contributed by atoms with Crippen LogP contribution in [0.1, 0.15) is 12.8 Å². The summed E-state index contributed by atoms with van der Waals surface area (Å²) in [6.07, 6.45) is 6.37. The van der Waals surface area contributed by atoms with Crippen LogP contribution in [0.15, 0.2) is 12.2 Å². The standard InChI is InChI=1S/C8H12N2O/c11-8-9-5-4-7-3-1-2-6-10(7)8/h1,3,7H,2,4-6H2,(H,9,11). The van der Waals surface area contributed by atoms with Gasteiger partial charge in [-0.3, -0.25) is 0 Å². The Morgan fingerprint density at radius 1 is 1.64 bits per heavy atom. The van der Waals surface area contributed by atoms with E-state index in [9.17, 15) is 4.79 Å². The van der Waals surface area contributed by atoms with Crippen LogP contribution >= 0.6 is 0 Å². The molecule has 3 nitrogen and oxygen atoms in total. The number of nitrogens with zero attached hydrogens (tertiary/aromatic N) is 1. The third-order valence-corrected chi connectivity index (χ3v) is 2.27. The summed E-state index contributed by atoms with van der Waals surface area (Å²) < 4.78 is 0. The summed E-state index contributed by atoms with van der Waals surface area (Å²) in [7, 11) is 0. The molecule has 1 atom stereocenters. The van der Waals surface area contributed by atoms with E-state index in [-0.39, 0.29) is 6.03 Å². The molecule has 2 heterocycles. The van der Waals surface area contributed by atoms with Gasteiger partial charge in [-0.25, -0.2) is 4.79 Å². The van der Waals surface area contributed by atoms with Crippen molar-refractivity contribution in [2.24, 2.45) is 0 Å². The molecular formula is C8H12N2O. The van der Waals surface area contributed by atoms with Crippen molar-refractivity contribution >= 4 is 6.03 Å². The molecule has 1 N–H and O–H groups in total. The zero-order valence-corrected chi connectivity index (χ0v) is 6.42. The largest absolute Gasteiger partial charge is 0.338 e. The average Bonchev–Trinajstić information content (AvgIpc) is 2.06. The highest BCUT2D eigenvalue weighted by Gasteiger charge is 2.26. The zero-order valence-electron chi connectivity index (χ0n) is 6.42. The van der Waals surface area contributed by atoms with Crippen LogP contribution in [0.3, 0.4) is 0 Å². The summed E-state index contributed by atoms with van der Waals surface area (Å²) in [4.78, 5) is 13.1. The maximum absolute atomic E-state index is 11.2. The lowest BCUT2D eigenvalue weighted by Crippen LogP contribution is -2.52. The fourth-order valence-electron chi connectivity index (χ4n) is 1.67. The SMILES string of the molecule is O=C1NCCC2C=CCCN12. The second-order valence-electron chi connectivity index (χ2n) is 3.00. The predicted molar refractivity (Wildman–Crippen MR) is 42.3 cm³/mol. The molecular weight excluding hydrogens is 140 g/mol. The third-order valence-electron chi connectivity index (χ3n) is 2.27. The van der Waals surface area contributed by atoms with E-state index in [1.807, 2.05) is 4.90 Å². The molecule has 1 unspecified atom stereocenters. The van der Waals surface area contributed by atoms with Gasteiger partial charge in [0, 0.05) is 13.1 Å². The van der Waals surface area contributed by atoms with Crippen molar-refractivity contribution in [1.82, 2.24) is 10.2 Å². The Hall–Kier alpha value is -0.990. The van der Waals surface area contributed by atoms with Crippen LogP contribution < -0.4 is 5.32 Å². The Morgan fingerprint density at radius 2 is 2.55 bits per heavy atom. The Labute approximate surface area is 66.1 Å². The number of rotatable bonds is 0. The number of amides is 2. The van der Waals surface area contributed by atoms with E-state index in [0.717, 1.165) is 25.9 Å². The predicted octanol–water partition coefficient (Wildman–Crippen LogP) is 0.730. The van der Waals surface area contributed by atoms with Gasteiger partial charge in [-0.15, -0.1) is 0 Å². The zero-order chi connectivity index (χ0) is 7.68. The van der Waals surface area contributed by atoms with Crippen LogP contribution in [0, 0.1) is 0 Å². The third kappa shape index (κ3) is 1.11. The smallest absolute Gasteiger partial charge is 0.317 e. The van der Waals surface area contributed by atoms with Gasteiger partial charge in [0.15, 0.2) is 0 Å². The number of fused-ring (bicyclic) bond motifs is 1. The van der Waals surface area contributed by atoms with E-state index in [0.29, 0.717) is 6.04 Å². The van der Waals surface area contributed by atoms with E-state index < -0.39 is 0 Å². The summed E-state index contributed by atoms with van der Waals surface area (Å²) in [6.45, 7) is 1.71. The fraction of sp³-hybridized carbons (Fsp3) is 0.625. The molecule has 1 saturated heterocycles. The minimum Gasteiger partial charge on any atom is -0.338 e. The first-order valence-corrected chi connectivity index (χ1v) is 4.09. The number of carbonyl (C=O) groups excluding carboxylic acids is 1. The Kier molecular flexibility index (Phi) is 1.56. The second-order valence-corrected chi connectivity index (χ2v) is 3.00. The van der Waals surface area contributed by atoms with Crippen LogP contribution in [-0.4, -0.2) is 30.1 Å². The van der Waals surface area contributed by atoms with Gasteiger partial charge < -0.3 is 10.2 Å². The van der Waals surface area contributed by atoms with Crippen LogP contribution in [0.25, 0.3) is 0 Å². The lowest BCUT2D eigenvalue weighted by Gasteiger charge is -2.36. The van der Waals surface area contributed by atoms with Crippen LogP contribution in [0.4, 0.5) is 4.79 Å². The van der Waals surface area contributed by atoms with Gasteiger partial charge in [0.25, 0.3) is 0 Å². The van der Waals surface area contributed by atoms with Gasteiger partial charge in [0.2, 0.25) is 0 Å². The lowest BCUT2D eigenvalue weighted by atomic mass is 10.1. The van der Waals surface area contributed by atoms with Crippen molar-refractivity contribution in [3.63, 3.8) is 0 Å². The van der Waals surface area contributed by atoms with E-state index in [1.54, 1.807) is 0 Å². The minimum atomic E-state index is 0.102. The van der Waals surface area contributed by atoms with Gasteiger partial charge in [-0.2, -0.15) is 0 Å². The molecule has 0 aromatic heterocycles. The van der Waals surface area contributed by atoms with Crippen molar-refractivity contribution in [2.75, 3.05) is 13.1 Å². The van der Waals surface area contributed by atoms with Gasteiger partial charge in [0.05, 0.1) is 6.04 Å². The van der Waals surface area contributed by atoms with Crippen molar-refractivity contribution in [1.29, 1.82) is 0 Å². The average molecular weight is 152 g/mol. The Morgan fingerprint density at radius 3 is 3.36 bits per heavy atom. The van der Waals surface area contributed by atoms with Crippen LogP contribution in [0.2, 0.25) is 0 Å². The highest BCUT2D eigenvalue weighted by atomic mass is 16.2. The molecule has 2 aliphatic rings. The van der Waals surface area contributed by atoms with Crippen LogP contribution in [-0.2, 0) is 0 Å². The van der Waals surface area contributed by atoms with Crippen molar-refractivity contribution in [3.05, 3.63) is 12.2 Å². The van der Waals surface area contributed by atoms with E-state index in [1.165, 1.54) is 0 Å².